The van der Waals surface area contributed by atoms with Crippen molar-refractivity contribution >= 4 is 50.1 Å². The summed E-state index contributed by atoms with van der Waals surface area (Å²) >= 11 is 5.67. The van der Waals surface area contributed by atoms with E-state index in [4.69, 9.17) is 17.3 Å². The number of nitrogens with zero attached hydrogens (tertiary/aromatic N) is 5. The molecule has 4 aromatic rings. The van der Waals surface area contributed by atoms with Gasteiger partial charge in [0.25, 0.3) is 5.91 Å². The van der Waals surface area contributed by atoms with E-state index in [-0.39, 0.29) is 24.0 Å². The molecule has 1 unspecified atom stereocenters. The van der Waals surface area contributed by atoms with E-state index in [0.29, 0.717) is 53.4 Å². The standard InChI is InChI=1S/C28H25ClF3N7O3S/c1-16-5-8-19(36-27(40)18-6-9-22(29)21(13-18)28(30,31)32)12-17(16)7-10-23-24-25(33)34-15-35-26(24)39(37-23)20-4-3-11-38(14-20)43(2,41)42/h5-6,8-9,12-13,15,20H,3-4,11,14H2,1-2H3,(H,36,40)(H2,33,34,35). The molecule has 1 aliphatic heterocycles. The number of nitrogens with two attached hydrogens (primary N) is 1. The molecule has 1 atom stereocenters. The zero-order chi connectivity index (χ0) is 31.1. The highest BCUT2D eigenvalue weighted by atomic mass is 35.5. The molecule has 3 heterocycles. The first-order chi connectivity index (χ1) is 20.2. The van der Waals surface area contributed by atoms with E-state index in [0.717, 1.165) is 11.6 Å². The number of fused-ring (bicyclic) bond motifs is 1. The molecule has 224 valence electrons. The number of nitrogens with one attached hydrogen (secondary N) is 1. The number of hydrogen-bond acceptors (Lipinski definition) is 7. The number of piperidine rings is 1. The first-order valence-corrected chi connectivity index (χ1v) is 15.2. The van der Waals surface area contributed by atoms with Gasteiger partial charge in [0.2, 0.25) is 10.0 Å². The topological polar surface area (TPSA) is 136 Å². The zero-order valence-electron chi connectivity index (χ0n) is 22.9. The van der Waals surface area contributed by atoms with E-state index in [9.17, 15) is 26.4 Å². The van der Waals surface area contributed by atoms with Crippen LogP contribution in [0.2, 0.25) is 5.02 Å². The lowest BCUT2D eigenvalue weighted by atomic mass is 10.1. The number of benzene rings is 2. The number of carbonyl (C=O) groups is 1. The van der Waals surface area contributed by atoms with Gasteiger partial charge in [-0.15, -0.1) is 0 Å². The molecular formula is C28H25ClF3N7O3S. The molecule has 2 aromatic carbocycles. The Morgan fingerprint density at radius 2 is 1.93 bits per heavy atom. The Hall–Kier alpha value is -4.19. The number of aryl methyl sites for hydroxylation is 1. The van der Waals surface area contributed by atoms with Gasteiger partial charge in [-0.1, -0.05) is 23.6 Å². The molecule has 0 bridgehead atoms. The molecule has 43 heavy (non-hydrogen) atoms. The lowest BCUT2D eigenvalue weighted by Crippen LogP contribution is -2.40. The number of sulfonamides is 1. The summed E-state index contributed by atoms with van der Waals surface area (Å²) in [5.74, 6) is 5.44. The molecule has 15 heteroatoms. The second kappa shape index (κ2) is 11.5. The van der Waals surface area contributed by atoms with Crippen LogP contribution in [0.4, 0.5) is 24.7 Å². The monoisotopic (exact) mass is 631 g/mol. The van der Waals surface area contributed by atoms with Crippen molar-refractivity contribution in [3.8, 4) is 11.8 Å². The van der Waals surface area contributed by atoms with Crippen LogP contribution in [0, 0.1) is 18.8 Å². The second-order valence-corrected chi connectivity index (χ2v) is 12.5. The fourth-order valence-corrected chi connectivity index (χ4v) is 5.94. The van der Waals surface area contributed by atoms with Gasteiger partial charge in [0, 0.05) is 29.9 Å². The minimum absolute atomic E-state index is 0.162. The Morgan fingerprint density at radius 3 is 2.65 bits per heavy atom. The van der Waals surface area contributed by atoms with Crippen molar-refractivity contribution in [2.45, 2.75) is 32.0 Å². The van der Waals surface area contributed by atoms with Gasteiger partial charge in [-0.2, -0.15) is 18.3 Å². The van der Waals surface area contributed by atoms with Crippen molar-refractivity contribution in [2.24, 2.45) is 0 Å². The molecule has 2 aromatic heterocycles. The van der Waals surface area contributed by atoms with E-state index in [1.807, 2.05) is 0 Å². The van der Waals surface area contributed by atoms with Gasteiger partial charge in [0.05, 0.1) is 28.3 Å². The molecule has 1 aliphatic rings. The number of aromatic nitrogens is 4. The molecule has 5 rings (SSSR count). The summed E-state index contributed by atoms with van der Waals surface area (Å²) in [6, 6.07) is 7.53. The number of alkyl halides is 3. The first-order valence-electron chi connectivity index (χ1n) is 13.0. The highest BCUT2D eigenvalue weighted by molar-refractivity contribution is 7.88. The van der Waals surface area contributed by atoms with Gasteiger partial charge in [0.15, 0.2) is 5.65 Å². The van der Waals surface area contributed by atoms with Crippen LogP contribution in [0.25, 0.3) is 11.0 Å². The molecule has 1 amide bonds. The average Bonchev–Trinajstić information content (AvgIpc) is 3.32. The van der Waals surface area contributed by atoms with Crippen LogP contribution >= 0.6 is 11.6 Å². The minimum Gasteiger partial charge on any atom is -0.383 e. The molecule has 1 saturated heterocycles. The van der Waals surface area contributed by atoms with Crippen molar-refractivity contribution in [1.82, 2.24) is 24.1 Å². The van der Waals surface area contributed by atoms with Crippen LogP contribution in [-0.4, -0.2) is 57.7 Å². The maximum atomic E-state index is 13.3. The number of nitrogen functional groups attached to an aromatic ring is 1. The third-order valence-corrected chi connectivity index (χ3v) is 8.64. The predicted molar refractivity (Wildman–Crippen MR) is 156 cm³/mol. The van der Waals surface area contributed by atoms with Crippen molar-refractivity contribution in [3.63, 3.8) is 0 Å². The largest absolute Gasteiger partial charge is 0.417 e. The average molecular weight is 632 g/mol. The van der Waals surface area contributed by atoms with Crippen LogP contribution in [0.1, 0.15) is 51.6 Å². The van der Waals surface area contributed by atoms with Crippen LogP contribution in [0.5, 0.6) is 0 Å². The summed E-state index contributed by atoms with van der Waals surface area (Å²) in [6.45, 7) is 2.46. The maximum absolute atomic E-state index is 13.3. The lowest BCUT2D eigenvalue weighted by Gasteiger charge is -2.31. The normalized spacial score (nSPS) is 16.1. The van der Waals surface area contributed by atoms with Gasteiger partial charge < -0.3 is 11.1 Å². The first kappa shape index (κ1) is 30.3. The third kappa shape index (κ3) is 6.43. The van der Waals surface area contributed by atoms with Crippen LogP contribution in [0.3, 0.4) is 0 Å². The Bertz CT molecular complexity index is 1920. The van der Waals surface area contributed by atoms with E-state index >= 15 is 0 Å². The van der Waals surface area contributed by atoms with Crippen LogP contribution in [0.15, 0.2) is 42.7 Å². The zero-order valence-corrected chi connectivity index (χ0v) is 24.5. The van der Waals surface area contributed by atoms with Gasteiger partial charge in [0.1, 0.15) is 17.8 Å². The molecule has 0 aliphatic carbocycles. The second-order valence-electron chi connectivity index (χ2n) is 10.1. The third-order valence-electron chi connectivity index (χ3n) is 7.04. The molecule has 1 fully saturated rings. The molecule has 0 radical (unpaired) electrons. The number of hydrogen-bond donors (Lipinski definition) is 2. The maximum Gasteiger partial charge on any atom is 0.417 e. The van der Waals surface area contributed by atoms with E-state index in [2.05, 4.69) is 32.2 Å². The minimum atomic E-state index is -4.71. The van der Waals surface area contributed by atoms with E-state index in [1.165, 1.54) is 23.0 Å². The number of carbonyl (C=O) groups excluding carboxylic acids is 1. The Morgan fingerprint density at radius 1 is 1.16 bits per heavy atom. The molecule has 0 spiro atoms. The smallest absolute Gasteiger partial charge is 0.383 e. The summed E-state index contributed by atoms with van der Waals surface area (Å²) in [5, 5.41) is 7.16. The summed E-state index contributed by atoms with van der Waals surface area (Å²) in [5.41, 5.74) is 7.16. The lowest BCUT2D eigenvalue weighted by molar-refractivity contribution is -0.137. The fourth-order valence-electron chi connectivity index (χ4n) is 4.81. The summed E-state index contributed by atoms with van der Waals surface area (Å²) in [6.07, 6.45) is -0.916. The van der Waals surface area contributed by atoms with Gasteiger partial charge >= 0.3 is 6.18 Å². The Labute approximate surface area is 250 Å². The summed E-state index contributed by atoms with van der Waals surface area (Å²) in [7, 11) is -3.39. The van der Waals surface area contributed by atoms with Gasteiger partial charge in [-0.25, -0.2) is 27.4 Å². The fraction of sp³-hybridized carbons (Fsp3) is 0.286. The number of anilines is 2. The molecule has 0 saturated carbocycles. The van der Waals surface area contributed by atoms with Gasteiger partial charge in [-0.05, 0) is 61.6 Å². The van der Waals surface area contributed by atoms with Crippen molar-refractivity contribution in [3.05, 3.63) is 75.7 Å². The molecular weight excluding hydrogens is 607 g/mol. The van der Waals surface area contributed by atoms with E-state index < -0.39 is 32.7 Å². The summed E-state index contributed by atoms with van der Waals surface area (Å²) < 4.78 is 67.2. The summed E-state index contributed by atoms with van der Waals surface area (Å²) in [4.78, 5) is 21.2. The van der Waals surface area contributed by atoms with Crippen molar-refractivity contribution in [2.75, 3.05) is 30.4 Å². The quantitative estimate of drug-likeness (QED) is 0.313. The Balaban J connectivity index is 1.46. The highest BCUT2D eigenvalue weighted by Crippen LogP contribution is 2.35. The van der Waals surface area contributed by atoms with E-state index in [1.54, 1.807) is 29.8 Å². The molecule has 3 N–H and O–H groups in total. The highest BCUT2D eigenvalue weighted by Gasteiger charge is 2.34. The van der Waals surface area contributed by atoms with Crippen LogP contribution < -0.4 is 11.1 Å². The van der Waals surface area contributed by atoms with Crippen LogP contribution in [-0.2, 0) is 16.2 Å². The number of halogens is 4. The van der Waals surface area contributed by atoms with Gasteiger partial charge in [-0.3, -0.25) is 4.79 Å². The predicted octanol–water partition coefficient (Wildman–Crippen LogP) is 4.64. The number of rotatable bonds is 4. The SMILES string of the molecule is Cc1ccc(NC(=O)c2ccc(Cl)c(C(F)(F)F)c2)cc1C#Cc1nn(C2CCCN(S(C)(=O)=O)C2)c2ncnc(N)c12. The Kier molecular flexibility index (Phi) is 8.08. The van der Waals surface area contributed by atoms with Crippen molar-refractivity contribution < 1.29 is 26.4 Å². The molecule has 10 nitrogen and oxygen atoms in total. The number of amides is 1. The van der Waals surface area contributed by atoms with Crippen molar-refractivity contribution in [1.29, 1.82) is 0 Å².